The van der Waals surface area contributed by atoms with Gasteiger partial charge in [-0.2, -0.15) is 0 Å². The number of ether oxygens (including phenoxy) is 1. The third-order valence-corrected chi connectivity index (χ3v) is 1.60. The lowest BCUT2D eigenvalue weighted by Crippen LogP contribution is -1.91. The molecule has 1 aliphatic heterocycles. The minimum absolute atomic E-state index is 0.199. The first-order valence-electron chi connectivity index (χ1n) is 4.15. The van der Waals surface area contributed by atoms with E-state index < -0.39 is 0 Å². The number of aliphatic hydroxyl groups is 1. The number of hydrogen-bond acceptors (Lipinski definition) is 3. The van der Waals surface area contributed by atoms with Crippen LogP contribution in [0.2, 0.25) is 0 Å². The van der Waals surface area contributed by atoms with E-state index in [2.05, 4.69) is 0 Å². The number of carbonyl (C=O) groups excluding carboxylic acids is 1. The van der Waals surface area contributed by atoms with Crippen LogP contribution in [0.4, 0.5) is 0 Å². The third-order valence-electron chi connectivity index (χ3n) is 1.60. The molecule has 0 aliphatic carbocycles. The van der Waals surface area contributed by atoms with E-state index in [1.165, 1.54) is 0 Å². The van der Waals surface area contributed by atoms with Crippen LogP contribution in [0.15, 0.2) is 24.3 Å². The molecule has 1 aromatic rings. The summed E-state index contributed by atoms with van der Waals surface area (Å²) in [5.41, 5.74) is 1.70. The molecule has 0 spiro atoms. The largest absolute Gasteiger partial charge is 0.457 e. The Hall–Kier alpha value is -1.35. The van der Waals surface area contributed by atoms with Gasteiger partial charge >= 0.3 is 5.97 Å². The Kier molecular flexibility index (Phi) is 3.46. The first kappa shape index (κ1) is 9.74. The summed E-state index contributed by atoms with van der Waals surface area (Å²) < 4.78 is 4.78. The van der Waals surface area contributed by atoms with Crippen molar-refractivity contribution in [2.24, 2.45) is 0 Å². The minimum atomic E-state index is -0.199. The van der Waals surface area contributed by atoms with E-state index in [4.69, 9.17) is 9.84 Å². The molecule has 0 unspecified atom stereocenters. The zero-order valence-corrected chi connectivity index (χ0v) is 7.49. The van der Waals surface area contributed by atoms with Gasteiger partial charge in [-0.05, 0) is 13.0 Å². The number of carbonyl (C=O) groups is 1. The maximum atomic E-state index is 10.8. The first-order chi connectivity index (χ1) is 6.29. The molecule has 0 bridgehead atoms. The molecule has 13 heavy (non-hydrogen) atoms. The Morgan fingerprint density at radius 3 is 2.69 bits per heavy atom. The lowest BCUT2D eigenvalue weighted by atomic mass is 10.1. The van der Waals surface area contributed by atoms with Crippen LogP contribution < -0.4 is 0 Å². The van der Waals surface area contributed by atoms with Crippen LogP contribution in [-0.4, -0.2) is 17.7 Å². The molecule has 2 rings (SSSR count). The van der Waals surface area contributed by atoms with Crippen molar-refractivity contribution < 1.29 is 14.6 Å². The summed E-state index contributed by atoms with van der Waals surface area (Å²) in [5.74, 6) is -0.199. The molecule has 0 radical (unpaired) electrons. The number of aliphatic hydroxyl groups excluding tert-OH is 1. The third kappa shape index (κ3) is 2.29. The number of fused-ring (bicyclic) bond motifs is 1. The van der Waals surface area contributed by atoms with Crippen molar-refractivity contribution in [2.75, 3.05) is 6.61 Å². The second kappa shape index (κ2) is 4.62. The number of esters is 1. The molecule has 3 nitrogen and oxygen atoms in total. The molecule has 1 aliphatic rings. The highest BCUT2D eigenvalue weighted by molar-refractivity contribution is 5.93. The van der Waals surface area contributed by atoms with Crippen LogP contribution in [0.1, 0.15) is 22.8 Å². The molecule has 0 atom stereocenters. The van der Waals surface area contributed by atoms with Crippen molar-refractivity contribution in [3.63, 3.8) is 0 Å². The van der Waals surface area contributed by atoms with Crippen LogP contribution >= 0.6 is 0 Å². The van der Waals surface area contributed by atoms with E-state index in [-0.39, 0.29) is 12.6 Å². The van der Waals surface area contributed by atoms with E-state index in [1.807, 2.05) is 18.2 Å². The summed E-state index contributed by atoms with van der Waals surface area (Å²) in [6, 6.07) is 7.43. The molecule has 0 fully saturated rings. The molecule has 0 amide bonds. The van der Waals surface area contributed by atoms with Gasteiger partial charge in [0.1, 0.15) is 6.61 Å². The van der Waals surface area contributed by atoms with Gasteiger partial charge in [-0.15, -0.1) is 0 Å². The van der Waals surface area contributed by atoms with Crippen LogP contribution in [0, 0.1) is 0 Å². The Balaban J connectivity index is 0.000000251. The minimum Gasteiger partial charge on any atom is -0.457 e. The summed E-state index contributed by atoms with van der Waals surface area (Å²) >= 11 is 0. The average molecular weight is 180 g/mol. The van der Waals surface area contributed by atoms with Gasteiger partial charge in [-0.1, -0.05) is 18.2 Å². The quantitative estimate of drug-likeness (QED) is 0.613. The second-order valence-corrected chi connectivity index (χ2v) is 2.55. The monoisotopic (exact) mass is 180 g/mol. The summed E-state index contributed by atoms with van der Waals surface area (Å²) in [6.07, 6.45) is 0. The van der Waals surface area contributed by atoms with E-state index in [1.54, 1.807) is 13.0 Å². The van der Waals surface area contributed by atoms with Crippen LogP contribution in [0.5, 0.6) is 0 Å². The first-order valence-corrected chi connectivity index (χ1v) is 4.15. The normalized spacial score (nSPS) is 12.6. The number of hydrogen-bond donors (Lipinski definition) is 1. The van der Waals surface area contributed by atoms with Crippen molar-refractivity contribution in [2.45, 2.75) is 13.5 Å². The molecule has 1 N–H and O–H groups in total. The number of benzene rings is 1. The lowest BCUT2D eigenvalue weighted by Gasteiger charge is -1.87. The van der Waals surface area contributed by atoms with Crippen molar-refractivity contribution >= 4 is 5.97 Å². The Morgan fingerprint density at radius 2 is 2.08 bits per heavy atom. The fraction of sp³-hybridized carbons (Fsp3) is 0.300. The van der Waals surface area contributed by atoms with Crippen molar-refractivity contribution in [3.05, 3.63) is 35.4 Å². The summed E-state index contributed by atoms with van der Waals surface area (Å²) in [5, 5.41) is 7.57. The van der Waals surface area contributed by atoms with Gasteiger partial charge < -0.3 is 9.84 Å². The molecular weight excluding hydrogens is 168 g/mol. The highest BCUT2D eigenvalue weighted by Gasteiger charge is 2.18. The topological polar surface area (TPSA) is 46.5 Å². The molecule has 0 saturated heterocycles. The van der Waals surface area contributed by atoms with E-state index in [0.717, 1.165) is 5.56 Å². The molecule has 70 valence electrons. The smallest absolute Gasteiger partial charge is 0.338 e. The second-order valence-electron chi connectivity index (χ2n) is 2.55. The molecule has 0 saturated carbocycles. The fourth-order valence-electron chi connectivity index (χ4n) is 1.07. The van der Waals surface area contributed by atoms with Gasteiger partial charge in [0.25, 0.3) is 0 Å². The summed E-state index contributed by atoms with van der Waals surface area (Å²) in [4.78, 5) is 10.8. The zero-order valence-electron chi connectivity index (χ0n) is 7.49. The van der Waals surface area contributed by atoms with E-state index in [0.29, 0.717) is 12.2 Å². The van der Waals surface area contributed by atoms with E-state index in [9.17, 15) is 4.79 Å². The van der Waals surface area contributed by atoms with Crippen LogP contribution in [-0.2, 0) is 11.3 Å². The standard InChI is InChI=1S/C8H6O2.C2H6O/c9-8-7-4-2-1-3-6(7)5-10-8;1-2-3/h1-4H,5H2;3H,2H2,1H3. The molecule has 1 aromatic carbocycles. The predicted octanol–water partition coefficient (Wildman–Crippen LogP) is 1.36. The Labute approximate surface area is 77.0 Å². The SMILES string of the molecule is CCO.O=C1OCc2ccccc21. The number of cyclic esters (lactones) is 1. The van der Waals surface area contributed by atoms with Crippen molar-refractivity contribution in [1.29, 1.82) is 0 Å². The highest BCUT2D eigenvalue weighted by atomic mass is 16.5. The fourth-order valence-corrected chi connectivity index (χ4v) is 1.07. The van der Waals surface area contributed by atoms with Gasteiger partial charge in [0.05, 0.1) is 5.56 Å². The highest BCUT2D eigenvalue weighted by Crippen LogP contribution is 2.17. The average Bonchev–Trinajstić information content (AvgIpc) is 2.50. The maximum absolute atomic E-state index is 10.8. The van der Waals surface area contributed by atoms with Crippen LogP contribution in [0.25, 0.3) is 0 Å². The van der Waals surface area contributed by atoms with E-state index >= 15 is 0 Å². The molecular formula is C10H12O3. The Bertz CT molecular complexity index is 294. The summed E-state index contributed by atoms with van der Waals surface area (Å²) in [6.45, 7) is 2.37. The van der Waals surface area contributed by atoms with Gasteiger partial charge in [-0.25, -0.2) is 4.79 Å². The zero-order chi connectivity index (χ0) is 9.68. The van der Waals surface area contributed by atoms with Gasteiger partial charge in [0.15, 0.2) is 0 Å². The summed E-state index contributed by atoms with van der Waals surface area (Å²) in [7, 11) is 0. The van der Waals surface area contributed by atoms with Gasteiger partial charge in [0.2, 0.25) is 0 Å². The molecule has 1 heterocycles. The van der Waals surface area contributed by atoms with Crippen molar-refractivity contribution in [3.8, 4) is 0 Å². The van der Waals surface area contributed by atoms with Crippen LogP contribution in [0.3, 0.4) is 0 Å². The molecule has 0 aromatic heterocycles. The Morgan fingerprint density at radius 1 is 1.46 bits per heavy atom. The predicted molar refractivity (Wildman–Crippen MR) is 48.3 cm³/mol. The lowest BCUT2D eigenvalue weighted by molar-refractivity contribution is 0.0535. The van der Waals surface area contributed by atoms with Gasteiger partial charge in [0, 0.05) is 12.2 Å². The molecule has 3 heteroatoms. The maximum Gasteiger partial charge on any atom is 0.338 e. The van der Waals surface area contributed by atoms with Gasteiger partial charge in [-0.3, -0.25) is 0 Å². The number of rotatable bonds is 0. The van der Waals surface area contributed by atoms with Crippen molar-refractivity contribution in [1.82, 2.24) is 0 Å².